The van der Waals surface area contributed by atoms with Gasteiger partial charge >= 0.3 is 0 Å². The number of hydrogen-bond donors (Lipinski definition) is 2. The molecule has 0 bridgehead atoms. The predicted octanol–water partition coefficient (Wildman–Crippen LogP) is 3.23. The molecule has 2 heterocycles. The van der Waals surface area contributed by atoms with Gasteiger partial charge in [-0.15, -0.1) is 0 Å². The molecule has 0 aliphatic carbocycles. The van der Waals surface area contributed by atoms with Crippen LogP contribution in [-0.2, 0) is 4.74 Å². The molecule has 0 unspecified atom stereocenters. The average Bonchev–Trinajstić information content (AvgIpc) is 2.58. The summed E-state index contributed by atoms with van der Waals surface area (Å²) in [6.07, 6.45) is 0. The van der Waals surface area contributed by atoms with Crippen molar-refractivity contribution < 1.29 is 4.74 Å². The number of rotatable bonds is 6. The van der Waals surface area contributed by atoms with Crippen molar-refractivity contribution in [2.24, 2.45) is 0 Å². The summed E-state index contributed by atoms with van der Waals surface area (Å²) in [6, 6.07) is 7.69. The Hall–Kier alpha value is -1.89. The first-order valence-electron chi connectivity index (χ1n) is 8.53. The lowest BCUT2D eigenvalue weighted by atomic mass is 10.2. The highest BCUT2D eigenvalue weighted by atomic mass is 35.5. The van der Waals surface area contributed by atoms with Gasteiger partial charge in [-0.05, 0) is 37.6 Å². The molecule has 0 amide bonds. The number of anilines is 3. The summed E-state index contributed by atoms with van der Waals surface area (Å²) in [5.74, 6) is 1.41. The molecular formula is C18H24ClN5O. The number of nitrogens with zero attached hydrogens (tertiary/aromatic N) is 3. The number of hydrogen-bond acceptors (Lipinski definition) is 6. The van der Waals surface area contributed by atoms with Crippen LogP contribution in [0.15, 0.2) is 24.3 Å². The molecule has 0 atom stereocenters. The molecule has 2 N–H and O–H groups in total. The maximum Gasteiger partial charge on any atom is 0.224 e. The van der Waals surface area contributed by atoms with E-state index < -0.39 is 0 Å². The van der Waals surface area contributed by atoms with E-state index in [2.05, 4.69) is 25.5 Å². The number of halogens is 1. The number of aromatic nitrogens is 2. The summed E-state index contributed by atoms with van der Waals surface area (Å²) in [7, 11) is 0. The second kappa shape index (κ2) is 8.47. The fourth-order valence-electron chi connectivity index (χ4n) is 2.77. The fourth-order valence-corrected chi connectivity index (χ4v) is 2.99. The van der Waals surface area contributed by atoms with Crippen molar-refractivity contribution in [1.29, 1.82) is 0 Å². The molecule has 3 rings (SSSR count). The largest absolute Gasteiger partial charge is 0.379 e. The fraction of sp³-hybridized carbons (Fsp3) is 0.444. The molecule has 1 aliphatic heterocycles. The van der Waals surface area contributed by atoms with Crippen LogP contribution in [0, 0.1) is 13.8 Å². The Kier molecular flexibility index (Phi) is 6.07. The molecule has 1 fully saturated rings. The van der Waals surface area contributed by atoms with Gasteiger partial charge in [0.05, 0.1) is 13.2 Å². The van der Waals surface area contributed by atoms with Crippen molar-refractivity contribution in [2.75, 3.05) is 50.0 Å². The molecule has 6 nitrogen and oxygen atoms in total. The Morgan fingerprint density at radius 2 is 1.96 bits per heavy atom. The zero-order valence-corrected chi connectivity index (χ0v) is 15.4. The van der Waals surface area contributed by atoms with Crippen LogP contribution in [0.3, 0.4) is 0 Å². The summed E-state index contributed by atoms with van der Waals surface area (Å²) < 4.78 is 5.37. The third kappa shape index (κ3) is 5.29. The van der Waals surface area contributed by atoms with Gasteiger partial charge in [0.1, 0.15) is 5.82 Å². The van der Waals surface area contributed by atoms with Crippen LogP contribution in [0.1, 0.15) is 11.3 Å². The van der Waals surface area contributed by atoms with Crippen LogP contribution in [-0.4, -0.2) is 54.3 Å². The molecule has 1 saturated heterocycles. The van der Waals surface area contributed by atoms with E-state index in [9.17, 15) is 0 Å². The number of morpholine rings is 1. The summed E-state index contributed by atoms with van der Waals surface area (Å²) in [5, 5.41) is 7.39. The second-order valence-corrected chi connectivity index (χ2v) is 6.62. The molecule has 1 aliphatic rings. The lowest BCUT2D eigenvalue weighted by Crippen LogP contribution is -2.39. The Bertz CT molecular complexity index is 719. The number of ether oxygens (including phenoxy) is 1. The van der Waals surface area contributed by atoms with E-state index in [4.69, 9.17) is 16.3 Å². The Morgan fingerprint density at radius 1 is 1.16 bits per heavy atom. The van der Waals surface area contributed by atoms with Gasteiger partial charge < -0.3 is 15.4 Å². The van der Waals surface area contributed by atoms with E-state index in [-0.39, 0.29) is 0 Å². The van der Waals surface area contributed by atoms with Crippen LogP contribution in [0.4, 0.5) is 17.5 Å². The monoisotopic (exact) mass is 361 g/mol. The van der Waals surface area contributed by atoms with E-state index >= 15 is 0 Å². The normalized spacial score (nSPS) is 15.2. The van der Waals surface area contributed by atoms with Crippen LogP contribution in [0.25, 0.3) is 0 Å². The lowest BCUT2D eigenvalue weighted by molar-refractivity contribution is 0.0398. The van der Waals surface area contributed by atoms with Gasteiger partial charge in [0.25, 0.3) is 0 Å². The molecule has 1 aromatic heterocycles. The summed E-state index contributed by atoms with van der Waals surface area (Å²) in [6.45, 7) is 9.35. The molecule has 2 aromatic rings. The minimum Gasteiger partial charge on any atom is -0.379 e. The topological polar surface area (TPSA) is 62.3 Å². The summed E-state index contributed by atoms with van der Waals surface area (Å²) in [4.78, 5) is 11.4. The minimum absolute atomic E-state index is 0.641. The molecule has 0 radical (unpaired) electrons. The highest BCUT2D eigenvalue weighted by Gasteiger charge is 2.10. The quantitative estimate of drug-likeness (QED) is 0.823. The molecular weight excluding hydrogens is 338 g/mol. The van der Waals surface area contributed by atoms with Crippen molar-refractivity contribution >= 4 is 29.1 Å². The Labute approximate surface area is 153 Å². The van der Waals surface area contributed by atoms with E-state index in [1.807, 2.05) is 38.1 Å². The predicted molar refractivity (Wildman–Crippen MR) is 102 cm³/mol. The van der Waals surface area contributed by atoms with Crippen molar-refractivity contribution in [2.45, 2.75) is 13.8 Å². The number of nitrogens with one attached hydrogen (secondary N) is 2. The van der Waals surface area contributed by atoms with E-state index in [1.54, 1.807) is 0 Å². The Morgan fingerprint density at radius 3 is 2.72 bits per heavy atom. The van der Waals surface area contributed by atoms with Gasteiger partial charge in [-0.1, -0.05) is 11.6 Å². The maximum atomic E-state index is 6.02. The standard InChI is InChI=1S/C18H24ClN5O/c1-13-11-15(19)3-4-16(13)22-17-12-14(2)21-18(23-17)20-5-6-24-7-9-25-10-8-24/h3-4,11-12H,5-10H2,1-2H3,(H2,20,21,22,23). The highest BCUT2D eigenvalue weighted by molar-refractivity contribution is 6.30. The van der Waals surface area contributed by atoms with Crippen molar-refractivity contribution in [3.8, 4) is 0 Å². The highest BCUT2D eigenvalue weighted by Crippen LogP contribution is 2.23. The minimum atomic E-state index is 0.641. The summed E-state index contributed by atoms with van der Waals surface area (Å²) in [5.41, 5.74) is 2.98. The smallest absolute Gasteiger partial charge is 0.224 e. The van der Waals surface area contributed by atoms with Crippen LogP contribution < -0.4 is 10.6 Å². The average molecular weight is 362 g/mol. The van der Waals surface area contributed by atoms with Crippen molar-refractivity contribution in [3.63, 3.8) is 0 Å². The van der Waals surface area contributed by atoms with Gasteiger partial charge in [-0.25, -0.2) is 4.98 Å². The second-order valence-electron chi connectivity index (χ2n) is 6.18. The van der Waals surface area contributed by atoms with Gasteiger partial charge in [-0.2, -0.15) is 4.98 Å². The third-order valence-electron chi connectivity index (χ3n) is 4.12. The van der Waals surface area contributed by atoms with Gasteiger partial charge in [0.2, 0.25) is 5.95 Å². The Balaban J connectivity index is 1.61. The molecule has 25 heavy (non-hydrogen) atoms. The first-order chi connectivity index (χ1) is 12.1. The van der Waals surface area contributed by atoms with Crippen molar-refractivity contribution in [3.05, 3.63) is 40.5 Å². The first-order valence-corrected chi connectivity index (χ1v) is 8.91. The van der Waals surface area contributed by atoms with Gasteiger partial charge in [0.15, 0.2) is 0 Å². The maximum absolute atomic E-state index is 6.02. The summed E-state index contributed by atoms with van der Waals surface area (Å²) >= 11 is 6.02. The SMILES string of the molecule is Cc1cc(Nc2ccc(Cl)cc2C)nc(NCCN2CCOCC2)n1. The van der Waals surface area contributed by atoms with Crippen molar-refractivity contribution in [1.82, 2.24) is 14.9 Å². The van der Waals surface area contributed by atoms with Gasteiger partial charge in [-0.3, -0.25) is 4.90 Å². The molecule has 0 spiro atoms. The van der Waals surface area contributed by atoms with Gasteiger partial charge in [0, 0.05) is 48.6 Å². The van der Waals surface area contributed by atoms with Crippen LogP contribution in [0.5, 0.6) is 0 Å². The third-order valence-corrected chi connectivity index (χ3v) is 4.36. The van der Waals surface area contributed by atoms with E-state index in [0.29, 0.717) is 5.95 Å². The number of benzene rings is 1. The molecule has 1 aromatic carbocycles. The van der Waals surface area contributed by atoms with E-state index in [0.717, 1.165) is 67.2 Å². The first kappa shape index (κ1) is 17.9. The zero-order valence-electron chi connectivity index (χ0n) is 14.7. The van der Waals surface area contributed by atoms with E-state index in [1.165, 1.54) is 0 Å². The zero-order chi connectivity index (χ0) is 17.6. The van der Waals surface area contributed by atoms with Crippen LogP contribution >= 0.6 is 11.6 Å². The lowest BCUT2D eigenvalue weighted by Gasteiger charge is -2.26. The molecule has 134 valence electrons. The number of aryl methyl sites for hydroxylation is 2. The van der Waals surface area contributed by atoms with Crippen LogP contribution in [0.2, 0.25) is 5.02 Å². The molecule has 0 saturated carbocycles. The molecule has 7 heteroatoms.